The van der Waals surface area contributed by atoms with Crippen LogP contribution in [0, 0.1) is 0 Å². The molecule has 0 bridgehead atoms. The number of likely N-dealkylation sites (tertiary alicyclic amines) is 1. The first-order chi connectivity index (χ1) is 6.61. The van der Waals surface area contributed by atoms with Gasteiger partial charge in [-0.1, -0.05) is 17.7 Å². The Balaban J connectivity index is 2.72. The van der Waals surface area contributed by atoms with Crippen LogP contribution < -0.4 is 0 Å². The molecule has 0 aliphatic carbocycles. The van der Waals surface area contributed by atoms with Gasteiger partial charge in [-0.25, -0.2) is 0 Å². The van der Waals surface area contributed by atoms with E-state index in [9.17, 15) is 4.79 Å². The van der Waals surface area contributed by atoms with Crippen molar-refractivity contribution >= 4 is 17.6 Å². The van der Waals surface area contributed by atoms with E-state index in [2.05, 4.69) is 0 Å². The Morgan fingerprint density at radius 1 is 1.64 bits per heavy atom. The summed E-state index contributed by atoms with van der Waals surface area (Å²) in [4.78, 5) is 13.1. The Morgan fingerprint density at radius 3 is 2.93 bits per heavy atom. The van der Waals surface area contributed by atoms with Crippen molar-refractivity contribution < 1.29 is 9.90 Å². The summed E-state index contributed by atoms with van der Waals surface area (Å²) in [5.41, 5.74) is 0.728. The lowest BCUT2D eigenvalue weighted by molar-refractivity contribution is -0.152. The fraction of sp³-hybridized carbons (Fsp3) is 0.700. The number of nitrogens with zero attached hydrogens (tertiary/aromatic N) is 1. The van der Waals surface area contributed by atoms with E-state index in [-0.39, 0.29) is 0 Å². The fourth-order valence-electron chi connectivity index (χ4n) is 1.88. The maximum absolute atomic E-state index is 11.2. The number of carboxylic acids is 1. The molecule has 0 aromatic heterocycles. The number of carboxylic acid groups (broad SMARTS) is 1. The molecule has 1 saturated heterocycles. The minimum Gasteiger partial charge on any atom is -0.480 e. The summed E-state index contributed by atoms with van der Waals surface area (Å²) in [7, 11) is 0. The van der Waals surface area contributed by atoms with Gasteiger partial charge in [0.1, 0.15) is 5.54 Å². The van der Waals surface area contributed by atoms with Crippen molar-refractivity contribution in [2.45, 2.75) is 31.7 Å². The van der Waals surface area contributed by atoms with Gasteiger partial charge in [0.25, 0.3) is 0 Å². The number of rotatable bonds is 3. The van der Waals surface area contributed by atoms with E-state index in [1.165, 1.54) is 5.54 Å². The van der Waals surface area contributed by atoms with Crippen LogP contribution in [-0.2, 0) is 4.79 Å². The standard InChI is InChI=1S/C10H16ClNO2/c1-10(9(13)14)5-2-3-7-12(10)8-4-6-11/h4,6H,2-3,5,7-8H2,1H3,(H,13,14)/b6-4+. The number of hydrogen-bond donors (Lipinski definition) is 1. The molecule has 0 amide bonds. The zero-order valence-electron chi connectivity index (χ0n) is 8.37. The minimum absolute atomic E-state index is 0.617. The molecule has 1 heterocycles. The van der Waals surface area contributed by atoms with Crippen molar-refractivity contribution in [3.05, 3.63) is 11.6 Å². The average molecular weight is 218 g/mol. The van der Waals surface area contributed by atoms with Gasteiger partial charge in [-0.05, 0) is 32.7 Å². The number of halogens is 1. The third-order valence-electron chi connectivity index (χ3n) is 2.92. The Bertz CT molecular complexity index is 242. The quantitative estimate of drug-likeness (QED) is 0.787. The van der Waals surface area contributed by atoms with Gasteiger partial charge in [-0.3, -0.25) is 9.69 Å². The normalized spacial score (nSPS) is 29.6. The second kappa shape index (κ2) is 4.80. The minimum atomic E-state index is -0.736. The third kappa shape index (κ3) is 2.28. The Kier molecular flexibility index (Phi) is 3.96. The molecule has 0 saturated carbocycles. The molecular formula is C10H16ClNO2. The van der Waals surface area contributed by atoms with Gasteiger partial charge >= 0.3 is 5.97 Å². The largest absolute Gasteiger partial charge is 0.480 e. The van der Waals surface area contributed by atoms with Gasteiger partial charge in [0.15, 0.2) is 0 Å². The van der Waals surface area contributed by atoms with Gasteiger partial charge < -0.3 is 5.11 Å². The predicted molar refractivity (Wildman–Crippen MR) is 56.5 cm³/mol. The van der Waals surface area contributed by atoms with Gasteiger partial charge in [0.05, 0.1) is 0 Å². The van der Waals surface area contributed by atoms with Gasteiger partial charge in [0, 0.05) is 12.1 Å². The maximum Gasteiger partial charge on any atom is 0.323 e. The topological polar surface area (TPSA) is 40.5 Å². The highest BCUT2D eigenvalue weighted by Gasteiger charge is 2.40. The lowest BCUT2D eigenvalue weighted by atomic mass is 9.88. The summed E-state index contributed by atoms with van der Waals surface area (Å²) >= 11 is 5.44. The third-order valence-corrected chi connectivity index (χ3v) is 3.09. The predicted octanol–water partition coefficient (Wildman–Crippen LogP) is 2.07. The molecule has 1 aliphatic rings. The van der Waals surface area contributed by atoms with Crippen molar-refractivity contribution in [3.8, 4) is 0 Å². The first-order valence-electron chi connectivity index (χ1n) is 4.85. The summed E-state index contributed by atoms with van der Waals surface area (Å²) in [5.74, 6) is -0.736. The Hall–Kier alpha value is -0.540. The van der Waals surface area contributed by atoms with Crippen LogP contribution in [0.5, 0.6) is 0 Å². The van der Waals surface area contributed by atoms with Gasteiger partial charge in [-0.15, -0.1) is 0 Å². The zero-order valence-corrected chi connectivity index (χ0v) is 9.13. The zero-order chi connectivity index (χ0) is 10.6. The van der Waals surface area contributed by atoms with Crippen LogP contribution >= 0.6 is 11.6 Å². The van der Waals surface area contributed by atoms with E-state index in [1.54, 1.807) is 13.0 Å². The summed E-state index contributed by atoms with van der Waals surface area (Å²) in [6, 6.07) is 0. The summed E-state index contributed by atoms with van der Waals surface area (Å²) in [5, 5.41) is 9.17. The molecule has 80 valence electrons. The molecule has 0 aromatic rings. The first-order valence-corrected chi connectivity index (χ1v) is 5.28. The lowest BCUT2D eigenvalue weighted by Crippen LogP contribution is -2.55. The van der Waals surface area contributed by atoms with Crippen molar-refractivity contribution in [1.82, 2.24) is 4.90 Å². The van der Waals surface area contributed by atoms with Gasteiger partial charge in [0.2, 0.25) is 0 Å². The summed E-state index contributed by atoms with van der Waals surface area (Å²) < 4.78 is 0. The molecule has 1 aliphatic heterocycles. The molecule has 14 heavy (non-hydrogen) atoms. The van der Waals surface area contributed by atoms with Crippen LogP contribution in [0.2, 0.25) is 0 Å². The van der Waals surface area contributed by atoms with Crippen molar-refractivity contribution in [3.63, 3.8) is 0 Å². The fourth-order valence-corrected chi connectivity index (χ4v) is 1.96. The van der Waals surface area contributed by atoms with Crippen molar-refractivity contribution in [2.24, 2.45) is 0 Å². The number of aliphatic carboxylic acids is 1. The van der Waals surface area contributed by atoms with Crippen molar-refractivity contribution in [1.29, 1.82) is 0 Å². The van der Waals surface area contributed by atoms with E-state index in [0.29, 0.717) is 6.54 Å². The number of piperidine rings is 1. The van der Waals surface area contributed by atoms with Crippen molar-refractivity contribution in [2.75, 3.05) is 13.1 Å². The number of carbonyl (C=O) groups is 1. The molecular weight excluding hydrogens is 202 g/mol. The van der Waals surface area contributed by atoms with E-state index >= 15 is 0 Å². The summed E-state index contributed by atoms with van der Waals surface area (Å²) in [6.07, 6.45) is 4.56. The van der Waals surface area contributed by atoms with Crippen LogP contribution in [0.3, 0.4) is 0 Å². The molecule has 1 fully saturated rings. The molecule has 0 aromatic carbocycles. The van der Waals surface area contributed by atoms with Crippen LogP contribution in [0.1, 0.15) is 26.2 Å². The van der Waals surface area contributed by atoms with Crippen LogP contribution in [0.25, 0.3) is 0 Å². The monoisotopic (exact) mass is 217 g/mol. The molecule has 4 heteroatoms. The van der Waals surface area contributed by atoms with E-state index in [0.717, 1.165) is 25.8 Å². The van der Waals surface area contributed by atoms with Crippen LogP contribution in [-0.4, -0.2) is 34.6 Å². The SMILES string of the molecule is CC1(C(=O)O)CCCCN1C/C=C/Cl. The van der Waals surface area contributed by atoms with E-state index in [4.69, 9.17) is 16.7 Å². The molecule has 0 spiro atoms. The smallest absolute Gasteiger partial charge is 0.323 e. The van der Waals surface area contributed by atoms with Crippen LogP contribution in [0.4, 0.5) is 0 Å². The average Bonchev–Trinajstić information content (AvgIpc) is 2.16. The number of hydrogen-bond acceptors (Lipinski definition) is 2. The highest BCUT2D eigenvalue weighted by molar-refractivity contribution is 6.25. The maximum atomic E-state index is 11.2. The summed E-state index contributed by atoms with van der Waals surface area (Å²) in [6.45, 7) is 3.24. The van der Waals surface area contributed by atoms with E-state index < -0.39 is 11.5 Å². The lowest BCUT2D eigenvalue weighted by Gasteiger charge is -2.41. The van der Waals surface area contributed by atoms with Gasteiger partial charge in [-0.2, -0.15) is 0 Å². The Morgan fingerprint density at radius 2 is 2.36 bits per heavy atom. The van der Waals surface area contributed by atoms with Crippen LogP contribution in [0.15, 0.2) is 11.6 Å². The molecule has 1 atom stereocenters. The second-order valence-electron chi connectivity index (χ2n) is 3.84. The highest BCUT2D eigenvalue weighted by atomic mass is 35.5. The van der Waals surface area contributed by atoms with E-state index in [1.807, 2.05) is 4.90 Å². The molecule has 1 rings (SSSR count). The molecule has 1 unspecified atom stereocenters. The Labute approximate surface area is 89.3 Å². The second-order valence-corrected chi connectivity index (χ2v) is 4.10. The molecule has 1 N–H and O–H groups in total. The first kappa shape index (κ1) is 11.5. The molecule has 3 nitrogen and oxygen atoms in total. The highest BCUT2D eigenvalue weighted by Crippen LogP contribution is 2.27. The molecule has 0 radical (unpaired) electrons.